The van der Waals surface area contributed by atoms with Gasteiger partial charge < -0.3 is 0 Å². The van der Waals surface area contributed by atoms with E-state index < -0.39 is 18.3 Å². The number of aliphatic hydroxyl groups is 1. The summed E-state index contributed by atoms with van der Waals surface area (Å²) < 4.78 is 26.0. The number of benzene rings is 3. The standard InChI is InChI=1S/C28H31O5.Hg/c1-21-26(29)28(32-19-24-15-9-4-10-16-24)27(31-18-23-13-7-3-8-14-23)25(33-21)20-30-17-22-11-5-2-6-12-22;/h2-16,21,25-29H,1,17-20H2;/q;+1/t21-,25-,26+,27-,28-;/m1./s1. The molecule has 0 spiro atoms. The molecule has 3 aromatic rings. The van der Waals surface area contributed by atoms with E-state index in [2.05, 4.69) is 0 Å². The molecule has 4 rings (SSSR count). The summed E-state index contributed by atoms with van der Waals surface area (Å²) in [5.74, 6) is 0. The molecule has 1 aliphatic rings. The molecule has 6 heteroatoms. The van der Waals surface area contributed by atoms with Crippen LogP contribution >= 0.6 is 0 Å². The summed E-state index contributed by atoms with van der Waals surface area (Å²) in [4.78, 5) is 0. The molecule has 1 aliphatic heterocycles. The second-order valence-corrected chi connectivity index (χ2v) is 10.8. The fraction of sp³-hybridized carbons (Fsp3) is 0.357. The number of rotatable bonds is 11. The van der Waals surface area contributed by atoms with Crippen LogP contribution in [0.1, 0.15) is 16.7 Å². The van der Waals surface area contributed by atoms with Crippen LogP contribution in [0, 0.1) is 0 Å². The van der Waals surface area contributed by atoms with Gasteiger partial charge >= 0.3 is 219 Å². The summed E-state index contributed by atoms with van der Waals surface area (Å²) in [6.07, 6.45) is -2.29. The van der Waals surface area contributed by atoms with Gasteiger partial charge in [-0.1, -0.05) is 0 Å². The minimum atomic E-state index is -0.743. The van der Waals surface area contributed by atoms with Crippen molar-refractivity contribution in [3.05, 3.63) is 108 Å². The average molecular weight is 648 g/mol. The normalized spacial score (nSPS) is 24.7. The van der Waals surface area contributed by atoms with Crippen LogP contribution in [0.2, 0.25) is 3.93 Å². The van der Waals surface area contributed by atoms with E-state index in [0.717, 1.165) is 20.6 Å². The Hall–Kier alpha value is -1.60. The van der Waals surface area contributed by atoms with E-state index in [9.17, 15) is 5.11 Å². The zero-order chi connectivity index (χ0) is 23.6. The molecule has 0 amide bonds. The Kier molecular flexibility index (Phi) is 10.1. The van der Waals surface area contributed by atoms with E-state index in [-0.39, 0.29) is 12.2 Å². The van der Waals surface area contributed by atoms with E-state index in [1.165, 1.54) is 0 Å². The molecule has 0 aromatic heterocycles. The molecule has 0 unspecified atom stereocenters. The zero-order valence-corrected chi connectivity index (χ0v) is 24.9. The van der Waals surface area contributed by atoms with Crippen molar-refractivity contribution in [2.45, 2.75) is 54.3 Å². The Morgan fingerprint density at radius 2 is 1.12 bits per heavy atom. The molecule has 1 heterocycles. The van der Waals surface area contributed by atoms with Gasteiger partial charge in [0.25, 0.3) is 0 Å². The van der Waals surface area contributed by atoms with Gasteiger partial charge in [0, 0.05) is 0 Å². The van der Waals surface area contributed by atoms with Gasteiger partial charge in [-0.2, -0.15) is 0 Å². The number of aliphatic hydroxyl groups excluding tert-OH is 1. The number of hydrogen-bond acceptors (Lipinski definition) is 5. The van der Waals surface area contributed by atoms with Gasteiger partial charge in [0.05, 0.1) is 0 Å². The number of ether oxygens (including phenoxy) is 4. The third kappa shape index (κ3) is 7.20. The molecule has 1 fully saturated rings. The zero-order valence-electron chi connectivity index (χ0n) is 19.4. The molecule has 5 nitrogen and oxygen atoms in total. The Morgan fingerprint density at radius 3 is 1.62 bits per heavy atom. The van der Waals surface area contributed by atoms with Gasteiger partial charge in [-0.05, 0) is 0 Å². The molecule has 0 saturated carbocycles. The molecule has 1 saturated heterocycles. The quantitative estimate of drug-likeness (QED) is 0.312. The third-order valence-corrected chi connectivity index (χ3v) is 8.22. The fourth-order valence-electron chi connectivity index (χ4n) is 4.17. The van der Waals surface area contributed by atoms with Crippen LogP contribution in [0.25, 0.3) is 0 Å². The van der Waals surface area contributed by atoms with Crippen LogP contribution in [0.3, 0.4) is 0 Å². The summed E-state index contributed by atoms with van der Waals surface area (Å²) >= 11 is 0.483. The van der Waals surface area contributed by atoms with Gasteiger partial charge in [-0.25, -0.2) is 0 Å². The molecule has 3 aromatic carbocycles. The van der Waals surface area contributed by atoms with Crippen LogP contribution in [0.4, 0.5) is 0 Å². The second kappa shape index (κ2) is 13.5. The molecular formula is C28H31HgO5+. The molecule has 0 radical (unpaired) electrons. The van der Waals surface area contributed by atoms with E-state index >= 15 is 0 Å². The Labute approximate surface area is 218 Å². The van der Waals surface area contributed by atoms with E-state index in [4.69, 9.17) is 18.9 Å². The van der Waals surface area contributed by atoms with Gasteiger partial charge in [0.15, 0.2) is 0 Å². The molecule has 174 valence electrons. The van der Waals surface area contributed by atoms with Crippen LogP contribution in [-0.2, 0) is 64.9 Å². The Morgan fingerprint density at radius 1 is 0.647 bits per heavy atom. The first-order valence-corrected chi connectivity index (χ1v) is 15.7. The van der Waals surface area contributed by atoms with Gasteiger partial charge in [-0.3, -0.25) is 0 Å². The Bertz CT molecular complexity index is 956. The van der Waals surface area contributed by atoms with Gasteiger partial charge in [0.2, 0.25) is 0 Å². The summed E-state index contributed by atoms with van der Waals surface area (Å²) in [5, 5.41) is 11.2. The van der Waals surface area contributed by atoms with Crippen LogP contribution < -0.4 is 0 Å². The first-order valence-electron chi connectivity index (χ1n) is 11.8. The maximum atomic E-state index is 11.2. The molecule has 5 atom stereocenters. The third-order valence-electron chi connectivity index (χ3n) is 6.01. The Balaban J connectivity index is 1.48. The van der Waals surface area contributed by atoms with E-state index in [1.54, 1.807) is 0 Å². The molecule has 1 N–H and O–H groups in total. The predicted molar refractivity (Wildman–Crippen MR) is 126 cm³/mol. The summed E-state index contributed by atoms with van der Waals surface area (Å²) in [7, 11) is 0. The summed E-state index contributed by atoms with van der Waals surface area (Å²) in [5.41, 5.74) is 3.24. The van der Waals surface area contributed by atoms with Crippen LogP contribution in [0.5, 0.6) is 0 Å². The average Bonchev–Trinajstić information content (AvgIpc) is 2.89. The van der Waals surface area contributed by atoms with Crippen LogP contribution in [0.15, 0.2) is 91.0 Å². The molecule has 0 aliphatic carbocycles. The van der Waals surface area contributed by atoms with Crippen molar-refractivity contribution in [3.63, 3.8) is 0 Å². The molecular weight excluding hydrogens is 617 g/mol. The first kappa shape index (κ1) is 25.5. The van der Waals surface area contributed by atoms with Crippen molar-refractivity contribution in [2.24, 2.45) is 0 Å². The second-order valence-electron chi connectivity index (χ2n) is 8.52. The SMILES string of the molecule is O[C@@H]1[C@@H](OCc2ccccc2)[C@H](OCc2ccccc2)[C@@H](COCc2ccccc2)O[C@@H]1[CH2][Hg+]. The monoisotopic (exact) mass is 649 g/mol. The van der Waals surface area contributed by atoms with E-state index in [1.807, 2.05) is 91.0 Å². The van der Waals surface area contributed by atoms with Crippen molar-refractivity contribution in [2.75, 3.05) is 6.61 Å². The molecule has 34 heavy (non-hydrogen) atoms. The molecule has 0 bridgehead atoms. The van der Waals surface area contributed by atoms with Crippen molar-refractivity contribution in [1.82, 2.24) is 0 Å². The topological polar surface area (TPSA) is 57.2 Å². The fourth-order valence-corrected chi connectivity index (χ4v) is 6.03. The van der Waals surface area contributed by atoms with E-state index in [0.29, 0.717) is 52.5 Å². The van der Waals surface area contributed by atoms with Crippen molar-refractivity contribution in [1.29, 1.82) is 0 Å². The van der Waals surface area contributed by atoms with Gasteiger partial charge in [0.1, 0.15) is 0 Å². The number of hydrogen-bond donors (Lipinski definition) is 1. The van der Waals surface area contributed by atoms with Gasteiger partial charge in [-0.15, -0.1) is 0 Å². The van der Waals surface area contributed by atoms with Crippen molar-refractivity contribution in [3.8, 4) is 0 Å². The minimum absolute atomic E-state index is 0.258. The van der Waals surface area contributed by atoms with Crippen LogP contribution in [-0.4, -0.2) is 42.2 Å². The first-order chi connectivity index (χ1) is 16.7. The summed E-state index contributed by atoms with van der Waals surface area (Å²) in [6, 6.07) is 30.2. The van der Waals surface area contributed by atoms with Crippen molar-refractivity contribution >= 4 is 0 Å². The predicted octanol–water partition coefficient (Wildman–Crippen LogP) is 4.47. The maximum absolute atomic E-state index is 11.2. The van der Waals surface area contributed by atoms with Crippen molar-refractivity contribution < 1.29 is 50.2 Å². The summed E-state index contributed by atoms with van der Waals surface area (Å²) in [6.45, 7) is 1.69.